The van der Waals surface area contributed by atoms with E-state index in [0.29, 0.717) is 18.8 Å². The minimum Gasteiger partial charge on any atom is -0.490 e. The lowest BCUT2D eigenvalue weighted by atomic mass is 10.2. The Kier molecular flexibility index (Phi) is 5.58. The van der Waals surface area contributed by atoms with E-state index < -0.39 is 6.10 Å². The van der Waals surface area contributed by atoms with Crippen molar-refractivity contribution in [2.45, 2.75) is 50.9 Å². The van der Waals surface area contributed by atoms with E-state index in [9.17, 15) is 9.90 Å². The Hall–Kier alpha value is -1.79. The molecule has 0 bridgehead atoms. The number of aliphatic hydroxyl groups excluding tert-OH is 1. The quantitative estimate of drug-likeness (QED) is 0.868. The van der Waals surface area contributed by atoms with E-state index in [4.69, 9.17) is 9.47 Å². The SMILES string of the molecule is CCN(C(=O)Nc1cccc(OC2CCCC2)c1)[C@H]1COC[C@@H]1O. The van der Waals surface area contributed by atoms with Gasteiger partial charge in [0.05, 0.1) is 31.5 Å². The second-order valence-electron chi connectivity index (χ2n) is 6.44. The minimum absolute atomic E-state index is 0.231. The number of benzene rings is 1. The number of rotatable bonds is 5. The van der Waals surface area contributed by atoms with E-state index in [1.165, 1.54) is 12.8 Å². The van der Waals surface area contributed by atoms with Crippen LogP contribution in [0.15, 0.2) is 24.3 Å². The zero-order valence-electron chi connectivity index (χ0n) is 14.1. The Morgan fingerprint density at radius 3 is 2.83 bits per heavy atom. The van der Waals surface area contributed by atoms with Crippen LogP contribution in [-0.4, -0.2) is 54.0 Å². The maximum absolute atomic E-state index is 12.5. The largest absolute Gasteiger partial charge is 0.490 e. The van der Waals surface area contributed by atoms with Crippen LogP contribution in [0.4, 0.5) is 10.5 Å². The molecule has 2 aliphatic rings. The van der Waals surface area contributed by atoms with Gasteiger partial charge >= 0.3 is 6.03 Å². The molecule has 1 heterocycles. The minimum atomic E-state index is -0.632. The second-order valence-corrected chi connectivity index (χ2v) is 6.44. The van der Waals surface area contributed by atoms with E-state index >= 15 is 0 Å². The highest BCUT2D eigenvalue weighted by Crippen LogP contribution is 2.26. The van der Waals surface area contributed by atoms with Crippen LogP contribution in [0.2, 0.25) is 0 Å². The van der Waals surface area contributed by atoms with E-state index in [1.54, 1.807) is 4.90 Å². The number of aliphatic hydroxyl groups is 1. The third-order valence-corrected chi connectivity index (χ3v) is 4.71. The first-order chi connectivity index (χ1) is 11.7. The topological polar surface area (TPSA) is 71.0 Å². The van der Waals surface area contributed by atoms with Crippen molar-refractivity contribution in [1.82, 2.24) is 4.90 Å². The maximum Gasteiger partial charge on any atom is 0.322 e. The van der Waals surface area contributed by atoms with Gasteiger partial charge in [0.15, 0.2) is 0 Å². The van der Waals surface area contributed by atoms with Crippen LogP contribution in [0.1, 0.15) is 32.6 Å². The summed E-state index contributed by atoms with van der Waals surface area (Å²) >= 11 is 0. The average Bonchev–Trinajstić information content (AvgIpc) is 3.21. The molecular weight excluding hydrogens is 308 g/mol. The molecule has 132 valence electrons. The standard InChI is InChI=1S/C18H26N2O4/c1-2-20(16-11-23-12-17(16)21)18(22)19-13-6-5-9-15(10-13)24-14-7-3-4-8-14/h5-6,9-10,14,16-17,21H,2-4,7-8,11-12H2,1H3,(H,19,22)/t16-,17-/m0/s1. The van der Waals surface area contributed by atoms with Crippen molar-refractivity contribution in [3.63, 3.8) is 0 Å². The molecule has 0 radical (unpaired) electrons. The fourth-order valence-corrected chi connectivity index (χ4v) is 3.40. The van der Waals surface area contributed by atoms with Crippen LogP contribution in [-0.2, 0) is 4.74 Å². The number of likely N-dealkylation sites (N-methyl/N-ethyl adjacent to an activating group) is 1. The van der Waals surface area contributed by atoms with Gasteiger partial charge in [0.25, 0.3) is 0 Å². The zero-order valence-corrected chi connectivity index (χ0v) is 14.1. The fraction of sp³-hybridized carbons (Fsp3) is 0.611. The van der Waals surface area contributed by atoms with Crippen LogP contribution in [0.25, 0.3) is 0 Å². The van der Waals surface area contributed by atoms with Crippen molar-refractivity contribution in [3.8, 4) is 5.75 Å². The zero-order chi connectivity index (χ0) is 16.9. The van der Waals surface area contributed by atoms with E-state index in [-0.39, 0.29) is 24.8 Å². The Morgan fingerprint density at radius 1 is 1.38 bits per heavy atom. The predicted molar refractivity (Wildman–Crippen MR) is 91.3 cm³/mol. The summed E-state index contributed by atoms with van der Waals surface area (Å²) < 4.78 is 11.2. The Balaban J connectivity index is 1.62. The molecule has 1 saturated carbocycles. The summed E-state index contributed by atoms with van der Waals surface area (Å²) in [5.41, 5.74) is 0.697. The van der Waals surface area contributed by atoms with E-state index in [0.717, 1.165) is 18.6 Å². The molecular formula is C18H26N2O4. The second kappa shape index (κ2) is 7.85. The molecule has 1 aliphatic carbocycles. The highest BCUT2D eigenvalue weighted by Gasteiger charge is 2.33. The number of urea groups is 1. The van der Waals surface area contributed by atoms with Crippen molar-refractivity contribution in [2.75, 3.05) is 25.1 Å². The van der Waals surface area contributed by atoms with Crippen LogP contribution in [0, 0.1) is 0 Å². The van der Waals surface area contributed by atoms with Gasteiger partial charge in [-0.05, 0) is 44.7 Å². The number of ether oxygens (including phenoxy) is 2. The normalized spacial score (nSPS) is 24.1. The van der Waals surface area contributed by atoms with Crippen molar-refractivity contribution < 1.29 is 19.4 Å². The number of hydrogen-bond acceptors (Lipinski definition) is 4. The van der Waals surface area contributed by atoms with E-state index in [1.807, 2.05) is 31.2 Å². The Labute approximate surface area is 142 Å². The highest BCUT2D eigenvalue weighted by molar-refractivity contribution is 5.89. The molecule has 1 aliphatic heterocycles. The third-order valence-electron chi connectivity index (χ3n) is 4.71. The molecule has 6 nitrogen and oxygen atoms in total. The van der Waals surface area contributed by atoms with E-state index in [2.05, 4.69) is 5.32 Å². The Morgan fingerprint density at radius 2 is 2.17 bits per heavy atom. The van der Waals surface area contributed by atoms with Crippen LogP contribution >= 0.6 is 0 Å². The summed E-state index contributed by atoms with van der Waals surface area (Å²) in [4.78, 5) is 14.2. The lowest BCUT2D eigenvalue weighted by Gasteiger charge is -2.28. The smallest absolute Gasteiger partial charge is 0.322 e. The molecule has 1 aromatic carbocycles. The molecule has 2 amide bonds. The summed E-state index contributed by atoms with van der Waals surface area (Å²) in [6.45, 7) is 3.05. The summed E-state index contributed by atoms with van der Waals surface area (Å²) in [5.74, 6) is 0.784. The van der Waals surface area contributed by atoms with Gasteiger partial charge in [-0.3, -0.25) is 0 Å². The molecule has 0 unspecified atom stereocenters. The molecule has 3 rings (SSSR count). The van der Waals surface area contributed by atoms with Gasteiger partial charge in [0, 0.05) is 18.3 Å². The van der Waals surface area contributed by atoms with Gasteiger partial charge in [-0.2, -0.15) is 0 Å². The molecule has 0 spiro atoms. The molecule has 2 atom stereocenters. The first-order valence-corrected chi connectivity index (χ1v) is 8.77. The van der Waals surface area contributed by atoms with Crippen molar-refractivity contribution in [3.05, 3.63) is 24.3 Å². The lowest BCUT2D eigenvalue weighted by molar-refractivity contribution is 0.1000. The maximum atomic E-state index is 12.5. The molecule has 1 saturated heterocycles. The number of carbonyl (C=O) groups excluding carboxylic acids is 1. The predicted octanol–water partition coefficient (Wildman–Crippen LogP) is 2.62. The van der Waals surface area contributed by atoms with Gasteiger partial charge < -0.3 is 24.8 Å². The molecule has 24 heavy (non-hydrogen) atoms. The lowest BCUT2D eigenvalue weighted by Crippen LogP contribution is -2.48. The summed E-state index contributed by atoms with van der Waals surface area (Å²) in [5, 5.41) is 12.8. The van der Waals surface area contributed by atoms with Gasteiger partial charge in [-0.25, -0.2) is 4.79 Å². The number of carbonyl (C=O) groups is 1. The van der Waals surface area contributed by atoms with Gasteiger partial charge in [-0.1, -0.05) is 6.07 Å². The van der Waals surface area contributed by atoms with Crippen molar-refractivity contribution in [2.24, 2.45) is 0 Å². The molecule has 1 aromatic rings. The van der Waals surface area contributed by atoms with Crippen molar-refractivity contribution >= 4 is 11.7 Å². The fourth-order valence-electron chi connectivity index (χ4n) is 3.40. The van der Waals surface area contributed by atoms with Crippen LogP contribution in [0.5, 0.6) is 5.75 Å². The third kappa shape index (κ3) is 3.99. The molecule has 6 heteroatoms. The summed E-state index contributed by atoms with van der Waals surface area (Å²) in [7, 11) is 0. The van der Waals surface area contributed by atoms with Gasteiger partial charge in [-0.15, -0.1) is 0 Å². The average molecular weight is 334 g/mol. The molecule has 2 N–H and O–H groups in total. The molecule has 0 aromatic heterocycles. The van der Waals surface area contributed by atoms with Crippen LogP contribution < -0.4 is 10.1 Å². The number of hydrogen-bond donors (Lipinski definition) is 2. The number of nitrogens with one attached hydrogen (secondary N) is 1. The first-order valence-electron chi connectivity index (χ1n) is 8.77. The Bertz CT molecular complexity index is 560. The summed E-state index contributed by atoms with van der Waals surface area (Å²) in [6, 6.07) is 6.96. The van der Waals surface area contributed by atoms with Crippen LogP contribution in [0.3, 0.4) is 0 Å². The monoisotopic (exact) mass is 334 g/mol. The first kappa shape index (κ1) is 17.0. The number of amides is 2. The number of anilines is 1. The van der Waals surface area contributed by atoms with Gasteiger partial charge in [0.2, 0.25) is 0 Å². The molecule has 2 fully saturated rings. The number of nitrogens with zero attached hydrogens (tertiary/aromatic N) is 1. The summed E-state index contributed by atoms with van der Waals surface area (Å²) in [6.07, 6.45) is 4.29. The van der Waals surface area contributed by atoms with Crippen molar-refractivity contribution in [1.29, 1.82) is 0 Å². The highest BCUT2D eigenvalue weighted by atomic mass is 16.5. The van der Waals surface area contributed by atoms with Gasteiger partial charge in [0.1, 0.15) is 5.75 Å².